The van der Waals surface area contributed by atoms with Crippen LogP contribution in [0.3, 0.4) is 0 Å². The Labute approximate surface area is 294 Å². The molecular formula is C34H29F7N8O2S. The number of phenolic OH excluding ortho intramolecular Hbond substituents is 1. The van der Waals surface area contributed by atoms with E-state index in [4.69, 9.17) is 16.2 Å². The first-order valence-corrected chi connectivity index (χ1v) is 16.7. The molecule has 4 heterocycles. The standard InChI is InChI=1S/C34H29F7N8O2S/c1-13(15-5-4-9-45-28(15)43)46-30-21-24(47-31(48-30)51-14(2)27-32(8-10-49(27)3)12-33(32,37)38)23(36)20(22(25(21)50)34(39,40)41)16-6-7-18(35)26-19(16)17(11-42)29(44)52-26/h4-7,9,13-14,27,50H,8,10,12,44H2,1-3H3,(H2,43,45)(H,46,47,48)/t13-,14+,27-,32+/m1/s1. The number of hydrogen-bond acceptors (Lipinski definition) is 11. The lowest BCUT2D eigenvalue weighted by atomic mass is 9.91. The minimum absolute atomic E-state index is 0.0585. The number of ether oxygens (including phenoxy) is 1. The van der Waals surface area contributed by atoms with E-state index < -0.39 is 97.9 Å². The van der Waals surface area contributed by atoms with Gasteiger partial charge >= 0.3 is 12.2 Å². The van der Waals surface area contributed by atoms with E-state index in [1.165, 1.54) is 13.1 Å². The molecule has 1 saturated heterocycles. The summed E-state index contributed by atoms with van der Waals surface area (Å²) in [6.07, 6.45) is -5.21. The van der Waals surface area contributed by atoms with Gasteiger partial charge in [0.1, 0.15) is 51.5 Å². The smallest absolute Gasteiger partial charge is 0.420 e. The second-order valence-electron chi connectivity index (χ2n) is 13.1. The molecule has 2 aromatic carbocycles. The molecule has 18 heteroatoms. The summed E-state index contributed by atoms with van der Waals surface area (Å²) in [5, 5.41) is 22.8. The third-order valence-corrected chi connectivity index (χ3v) is 11.1. The van der Waals surface area contributed by atoms with Crippen LogP contribution in [0.4, 0.5) is 47.4 Å². The molecule has 52 heavy (non-hydrogen) atoms. The molecule has 1 aliphatic heterocycles. The number of phenols is 1. The van der Waals surface area contributed by atoms with Gasteiger partial charge in [0.15, 0.2) is 5.82 Å². The number of nitrogens with zero attached hydrogens (tertiary/aromatic N) is 5. The van der Waals surface area contributed by atoms with E-state index >= 15 is 17.6 Å². The van der Waals surface area contributed by atoms with Crippen molar-refractivity contribution in [3.8, 4) is 29.0 Å². The lowest BCUT2D eigenvalue weighted by Crippen LogP contribution is -2.44. The molecule has 4 atom stereocenters. The molecule has 10 nitrogen and oxygen atoms in total. The number of alkyl halides is 5. The molecule has 0 amide bonds. The molecule has 1 spiro atoms. The number of anilines is 3. The first-order chi connectivity index (χ1) is 24.4. The molecular weight excluding hydrogens is 717 g/mol. The minimum atomic E-state index is -5.43. The highest BCUT2D eigenvalue weighted by molar-refractivity contribution is 7.23. The number of rotatable bonds is 7. The Kier molecular flexibility index (Phi) is 8.10. The number of nitrogen functional groups attached to an aromatic ring is 2. The molecule has 1 aliphatic carbocycles. The Morgan fingerprint density at radius 1 is 1.15 bits per heavy atom. The monoisotopic (exact) mass is 746 g/mol. The average Bonchev–Trinajstić information content (AvgIpc) is 3.28. The molecule has 2 aliphatic rings. The van der Waals surface area contributed by atoms with Gasteiger partial charge in [0.2, 0.25) is 0 Å². The number of thiophene rings is 1. The molecule has 5 aromatic rings. The minimum Gasteiger partial charge on any atom is -0.506 e. The highest BCUT2D eigenvalue weighted by atomic mass is 32.1. The van der Waals surface area contributed by atoms with Crippen molar-refractivity contribution in [1.82, 2.24) is 19.9 Å². The first-order valence-electron chi connectivity index (χ1n) is 15.9. The number of hydrogen-bond donors (Lipinski definition) is 4. The van der Waals surface area contributed by atoms with Crippen molar-refractivity contribution in [3.05, 3.63) is 58.8 Å². The van der Waals surface area contributed by atoms with Crippen LogP contribution in [0.1, 0.15) is 49.4 Å². The van der Waals surface area contributed by atoms with E-state index in [1.807, 2.05) is 0 Å². The molecule has 0 bridgehead atoms. The summed E-state index contributed by atoms with van der Waals surface area (Å²) in [4.78, 5) is 14.1. The fourth-order valence-electron chi connectivity index (χ4n) is 7.64. The predicted octanol–water partition coefficient (Wildman–Crippen LogP) is 7.62. The van der Waals surface area contributed by atoms with Crippen LogP contribution in [0.2, 0.25) is 0 Å². The largest absolute Gasteiger partial charge is 0.506 e. The molecule has 3 aromatic heterocycles. The fourth-order valence-corrected chi connectivity index (χ4v) is 8.59. The summed E-state index contributed by atoms with van der Waals surface area (Å²) >= 11 is 0.586. The zero-order valence-electron chi connectivity index (χ0n) is 27.5. The molecule has 272 valence electrons. The number of aromatic nitrogens is 3. The van der Waals surface area contributed by atoms with Gasteiger partial charge in [-0.2, -0.15) is 28.4 Å². The molecule has 0 unspecified atom stereocenters. The van der Waals surface area contributed by atoms with E-state index in [-0.39, 0.29) is 33.9 Å². The second kappa shape index (κ2) is 12.0. The van der Waals surface area contributed by atoms with Crippen molar-refractivity contribution >= 4 is 49.0 Å². The number of nitriles is 1. The van der Waals surface area contributed by atoms with Crippen molar-refractivity contribution in [3.63, 3.8) is 0 Å². The zero-order valence-corrected chi connectivity index (χ0v) is 28.4. The molecule has 6 N–H and O–H groups in total. The van der Waals surface area contributed by atoms with E-state index in [1.54, 1.807) is 37.1 Å². The summed E-state index contributed by atoms with van der Waals surface area (Å²) in [5.74, 6) is -7.44. The number of fused-ring (bicyclic) bond motifs is 2. The van der Waals surface area contributed by atoms with Crippen LogP contribution in [0, 0.1) is 28.4 Å². The maximum absolute atomic E-state index is 17.1. The van der Waals surface area contributed by atoms with Gasteiger partial charge in [-0.3, -0.25) is 4.90 Å². The predicted molar refractivity (Wildman–Crippen MR) is 180 cm³/mol. The highest BCUT2D eigenvalue weighted by Crippen LogP contribution is 2.68. The SMILES string of the molecule is C[C@H](Oc1nc(N[C@H](C)c2cccnc2N)c2c(O)c(C(F)(F)F)c(-c3ccc(F)c4sc(N)c(C#N)c34)c(F)c2n1)[C@H]1N(C)CC[C@]12CC2(F)F. The van der Waals surface area contributed by atoms with Gasteiger partial charge in [0.25, 0.3) is 5.92 Å². The van der Waals surface area contributed by atoms with Gasteiger partial charge in [0, 0.05) is 29.1 Å². The van der Waals surface area contributed by atoms with Crippen molar-refractivity contribution in [2.75, 3.05) is 30.4 Å². The summed E-state index contributed by atoms with van der Waals surface area (Å²) < 4.78 is 112. The molecule has 0 radical (unpaired) electrons. The zero-order chi connectivity index (χ0) is 37.7. The fraction of sp³-hybridized carbons (Fsp3) is 0.353. The Balaban J connectivity index is 1.49. The van der Waals surface area contributed by atoms with Crippen LogP contribution in [-0.2, 0) is 6.18 Å². The van der Waals surface area contributed by atoms with Gasteiger partial charge in [-0.05, 0) is 51.6 Å². The van der Waals surface area contributed by atoms with E-state index in [0.717, 1.165) is 12.1 Å². The first kappa shape index (κ1) is 35.3. The summed E-state index contributed by atoms with van der Waals surface area (Å²) in [6.45, 7) is 3.41. The topological polar surface area (TPSA) is 159 Å². The van der Waals surface area contributed by atoms with E-state index in [2.05, 4.69) is 20.3 Å². The highest BCUT2D eigenvalue weighted by Gasteiger charge is 2.77. The average molecular weight is 747 g/mol. The van der Waals surface area contributed by atoms with Crippen LogP contribution >= 0.6 is 11.3 Å². The maximum Gasteiger partial charge on any atom is 0.420 e. The summed E-state index contributed by atoms with van der Waals surface area (Å²) in [5.41, 5.74) is 6.01. The van der Waals surface area contributed by atoms with E-state index in [9.17, 15) is 23.5 Å². The van der Waals surface area contributed by atoms with Gasteiger partial charge in [-0.25, -0.2) is 22.5 Å². The quantitative estimate of drug-likeness (QED) is 0.122. The van der Waals surface area contributed by atoms with Gasteiger partial charge < -0.3 is 26.6 Å². The normalized spacial score (nSPS) is 21.1. The van der Waals surface area contributed by atoms with Gasteiger partial charge in [-0.1, -0.05) is 12.1 Å². The van der Waals surface area contributed by atoms with Crippen LogP contribution in [0.25, 0.3) is 32.1 Å². The lowest BCUT2D eigenvalue weighted by molar-refractivity contribution is -0.138. The van der Waals surface area contributed by atoms with E-state index in [0.29, 0.717) is 23.4 Å². The third-order valence-electron chi connectivity index (χ3n) is 10.0. The van der Waals surface area contributed by atoms with Crippen LogP contribution in [-0.4, -0.2) is 56.6 Å². The van der Waals surface area contributed by atoms with Crippen molar-refractivity contribution in [2.24, 2.45) is 5.41 Å². The van der Waals surface area contributed by atoms with Gasteiger partial charge in [0.05, 0.1) is 33.1 Å². The third kappa shape index (κ3) is 5.28. The van der Waals surface area contributed by atoms with Crippen molar-refractivity contribution in [1.29, 1.82) is 5.26 Å². The lowest BCUT2D eigenvalue weighted by Gasteiger charge is -2.31. The Hall–Kier alpha value is -5.15. The number of likely N-dealkylation sites (N-methyl/N-ethyl adjacent to an activating group) is 1. The number of pyridine rings is 1. The molecule has 7 rings (SSSR count). The van der Waals surface area contributed by atoms with Crippen LogP contribution in [0.5, 0.6) is 11.8 Å². The number of nitrogens with two attached hydrogens (primary N) is 2. The number of nitrogens with one attached hydrogen (secondary N) is 1. The second-order valence-corrected chi connectivity index (χ2v) is 14.2. The van der Waals surface area contributed by atoms with Gasteiger partial charge in [-0.15, -0.1) is 11.3 Å². The molecule has 1 saturated carbocycles. The Morgan fingerprint density at radius 3 is 2.50 bits per heavy atom. The number of aromatic hydroxyl groups is 1. The van der Waals surface area contributed by atoms with Crippen LogP contribution in [0.15, 0.2) is 30.5 Å². The molecule has 2 fully saturated rings. The van der Waals surface area contributed by atoms with Crippen molar-refractivity contribution < 1.29 is 40.6 Å². The Bertz CT molecular complexity index is 2330. The number of likely N-dealkylation sites (tertiary alicyclic amines) is 1. The maximum atomic E-state index is 17.1. The number of benzene rings is 2. The van der Waals surface area contributed by atoms with Crippen molar-refractivity contribution in [2.45, 2.75) is 57.0 Å². The van der Waals surface area contributed by atoms with Crippen LogP contribution < -0.4 is 21.5 Å². The summed E-state index contributed by atoms with van der Waals surface area (Å²) in [7, 11) is 1.65. The summed E-state index contributed by atoms with van der Waals surface area (Å²) in [6, 6.07) is 4.24. The number of halogens is 7. The Morgan fingerprint density at radius 2 is 1.87 bits per heavy atom.